The third-order valence-corrected chi connectivity index (χ3v) is 10.6. The Morgan fingerprint density at radius 1 is 0.442 bits per heavy atom. The number of rotatable bonds is 9. The lowest BCUT2D eigenvalue weighted by atomic mass is 9.73. The Bertz CT molecular complexity index is 2240. The zero-order chi connectivity index (χ0) is 35.4. The smallest absolute Gasteiger partial charge is 0.160 e. The summed E-state index contributed by atoms with van der Waals surface area (Å²) in [6, 6.07) is 46.5. The molecule has 5 aromatic carbocycles. The molecule has 0 radical (unpaired) electrons. The van der Waals surface area contributed by atoms with Crippen molar-refractivity contribution in [1.82, 2.24) is 9.97 Å². The predicted molar refractivity (Wildman–Crippen MR) is 219 cm³/mol. The molecule has 52 heavy (non-hydrogen) atoms. The van der Waals surface area contributed by atoms with Crippen LogP contribution in [-0.2, 0) is 19.3 Å². The molecule has 0 saturated heterocycles. The van der Waals surface area contributed by atoms with Gasteiger partial charge in [0.1, 0.15) is 0 Å². The number of aryl methyl sites for hydroxylation is 3. The van der Waals surface area contributed by atoms with Crippen LogP contribution in [0.25, 0.3) is 50.3 Å². The minimum absolute atomic E-state index is 0.212. The van der Waals surface area contributed by atoms with E-state index in [1.165, 1.54) is 50.1 Å². The van der Waals surface area contributed by atoms with Gasteiger partial charge in [-0.15, -0.1) is 0 Å². The molecule has 0 bridgehead atoms. The molecule has 0 aliphatic heterocycles. The molecule has 0 spiro atoms. The third-order valence-electron chi connectivity index (χ3n) is 10.6. The minimum atomic E-state index is 0.212. The third kappa shape index (κ3) is 6.77. The van der Waals surface area contributed by atoms with Crippen molar-refractivity contribution in [3.63, 3.8) is 0 Å². The Balaban J connectivity index is 1.22. The number of fused-ring (bicyclic) bond motifs is 1. The van der Waals surface area contributed by atoms with Crippen molar-refractivity contribution in [3.05, 3.63) is 198 Å². The summed E-state index contributed by atoms with van der Waals surface area (Å²) in [6.07, 6.45) is 16.6. The van der Waals surface area contributed by atoms with E-state index in [0.717, 1.165) is 53.2 Å². The summed E-state index contributed by atoms with van der Waals surface area (Å²) in [7, 11) is 0. The Hall–Kier alpha value is -5.86. The van der Waals surface area contributed by atoms with E-state index in [2.05, 4.69) is 185 Å². The summed E-state index contributed by atoms with van der Waals surface area (Å²) >= 11 is 0. The molecule has 2 aliphatic rings. The Labute approximate surface area is 308 Å². The maximum Gasteiger partial charge on any atom is 0.160 e. The average Bonchev–Trinajstić information content (AvgIpc) is 3.23. The molecule has 1 aromatic heterocycles. The van der Waals surface area contributed by atoms with E-state index in [1.807, 2.05) is 0 Å². The van der Waals surface area contributed by atoms with Gasteiger partial charge in [0.2, 0.25) is 0 Å². The van der Waals surface area contributed by atoms with Gasteiger partial charge in [0.25, 0.3) is 0 Å². The first-order valence-electron chi connectivity index (χ1n) is 18.7. The van der Waals surface area contributed by atoms with E-state index < -0.39 is 0 Å². The second kappa shape index (κ2) is 14.8. The van der Waals surface area contributed by atoms with Crippen molar-refractivity contribution >= 4 is 5.57 Å². The molecule has 0 fully saturated rings. The van der Waals surface area contributed by atoms with Gasteiger partial charge in [0.05, 0.1) is 11.4 Å². The Kier molecular flexibility index (Phi) is 9.46. The second-order valence-electron chi connectivity index (χ2n) is 13.8. The first kappa shape index (κ1) is 33.3. The number of aromatic nitrogens is 2. The molecule has 2 nitrogen and oxygen atoms in total. The van der Waals surface area contributed by atoms with Gasteiger partial charge in [-0.05, 0) is 75.4 Å². The van der Waals surface area contributed by atoms with E-state index in [1.54, 1.807) is 0 Å². The van der Waals surface area contributed by atoms with Gasteiger partial charge in [-0.1, -0.05) is 179 Å². The fraction of sp³-hybridized carbons (Fsp3) is 0.160. The van der Waals surface area contributed by atoms with Gasteiger partial charge >= 0.3 is 0 Å². The van der Waals surface area contributed by atoms with Crippen LogP contribution in [0.4, 0.5) is 0 Å². The molecule has 2 unspecified atom stereocenters. The number of hydrogen-bond acceptors (Lipinski definition) is 2. The van der Waals surface area contributed by atoms with Crippen LogP contribution in [0.5, 0.6) is 0 Å². The quantitative estimate of drug-likeness (QED) is 0.153. The standard InChI is InChI=1S/C50H44N2/c1-4-34-12-9-15-41(30-34)37-20-24-39(25-21-37)48-33-49(40-26-22-38(23-27-40)42-16-10-13-35(5-2)31-42)52-50(51-48)47-29-28-44(45-18-7-8-19-46(45)47)43-17-11-14-36(6-3)32-43/h7-33,44-45H,4-6H2,1-3H3. The van der Waals surface area contributed by atoms with Crippen LogP contribution in [0, 0.1) is 5.92 Å². The van der Waals surface area contributed by atoms with Crippen molar-refractivity contribution in [2.24, 2.45) is 5.92 Å². The summed E-state index contributed by atoms with van der Waals surface area (Å²) in [5, 5.41) is 0. The summed E-state index contributed by atoms with van der Waals surface area (Å²) in [6.45, 7) is 6.62. The van der Waals surface area contributed by atoms with Crippen molar-refractivity contribution < 1.29 is 0 Å². The van der Waals surface area contributed by atoms with Crippen molar-refractivity contribution in [2.75, 3.05) is 0 Å². The molecule has 2 atom stereocenters. The van der Waals surface area contributed by atoms with Crippen LogP contribution in [-0.4, -0.2) is 9.97 Å². The first-order chi connectivity index (χ1) is 25.6. The number of allylic oxidation sites excluding steroid dienone is 8. The number of hydrogen-bond donors (Lipinski definition) is 0. The average molecular weight is 673 g/mol. The van der Waals surface area contributed by atoms with E-state index >= 15 is 0 Å². The maximum absolute atomic E-state index is 5.30. The molecule has 2 aliphatic carbocycles. The van der Waals surface area contributed by atoms with Crippen LogP contribution >= 0.6 is 0 Å². The van der Waals surface area contributed by atoms with E-state index in [0.29, 0.717) is 0 Å². The zero-order valence-corrected chi connectivity index (χ0v) is 30.3. The highest BCUT2D eigenvalue weighted by atomic mass is 14.9. The van der Waals surface area contributed by atoms with Crippen LogP contribution in [0.15, 0.2) is 169 Å². The molecule has 0 amide bonds. The van der Waals surface area contributed by atoms with Gasteiger partial charge < -0.3 is 0 Å². The lowest BCUT2D eigenvalue weighted by molar-refractivity contribution is 0.671. The van der Waals surface area contributed by atoms with Crippen molar-refractivity contribution in [1.29, 1.82) is 0 Å². The highest BCUT2D eigenvalue weighted by Crippen LogP contribution is 2.43. The monoisotopic (exact) mass is 672 g/mol. The molecule has 8 rings (SSSR count). The molecular formula is C50H44N2. The summed E-state index contributed by atoms with van der Waals surface area (Å²) in [5.74, 6) is 1.22. The van der Waals surface area contributed by atoms with Gasteiger partial charge in [-0.3, -0.25) is 0 Å². The fourth-order valence-corrected chi connectivity index (χ4v) is 7.57. The van der Waals surface area contributed by atoms with E-state index in [-0.39, 0.29) is 11.8 Å². The largest absolute Gasteiger partial charge is 0.228 e. The molecule has 0 N–H and O–H groups in total. The fourth-order valence-electron chi connectivity index (χ4n) is 7.57. The lowest BCUT2D eigenvalue weighted by Gasteiger charge is -2.30. The molecule has 6 aromatic rings. The SMILES string of the molecule is CCc1cccc(-c2ccc(-c3cc(-c4ccc(-c5cccc(CC)c5)cc4)nc(C4=C5C=CC=CC5C(c5cccc(CC)c5)C=C4)n3)cc2)c1. The molecule has 1 heterocycles. The lowest BCUT2D eigenvalue weighted by Crippen LogP contribution is -2.17. The van der Waals surface area contributed by atoms with Crippen molar-refractivity contribution in [3.8, 4) is 44.8 Å². The summed E-state index contributed by atoms with van der Waals surface area (Å²) < 4.78 is 0. The molecule has 0 saturated carbocycles. The van der Waals surface area contributed by atoms with Crippen LogP contribution in [0.3, 0.4) is 0 Å². The normalized spacial score (nSPS) is 16.3. The highest BCUT2D eigenvalue weighted by Gasteiger charge is 2.29. The topological polar surface area (TPSA) is 25.8 Å². The van der Waals surface area contributed by atoms with Gasteiger partial charge in [0, 0.05) is 28.5 Å². The van der Waals surface area contributed by atoms with Gasteiger partial charge in [-0.25, -0.2) is 9.97 Å². The summed E-state index contributed by atoms with van der Waals surface area (Å²) in [4.78, 5) is 10.6. The van der Waals surface area contributed by atoms with Crippen LogP contribution in [0.1, 0.15) is 54.8 Å². The van der Waals surface area contributed by atoms with Crippen molar-refractivity contribution in [2.45, 2.75) is 46.0 Å². The van der Waals surface area contributed by atoms with Gasteiger partial charge in [0.15, 0.2) is 5.82 Å². The second-order valence-corrected chi connectivity index (χ2v) is 13.8. The van der Waals surface area contributed by atoms with E-state index in [9.17, 15) is 0 Å². The summed E-state index contributed by atoms with van der Waals surface area (Å²) in [5.41, 5.74) is 16.6. The highest BCUT2D eigenvalue weighted by molar-refractivity contribution is 5.82. The number of benzene rings is 5. The minimum Gasteiger partial charge on any atom is -0.228 e. The predicted octanol–water partition coefficient (Wildman–Crippen LogP) is 12.7. The zero-order valence-electron chi connectivity index (χ0n) is 30.3. The van der Waals surface area contributed by atoms with Crippen LogP contribution < -0.4 is 0 Å². The molecular weight excluding hydrogens is 629 g/mol. The Morgan fingerprint density at radius 2 is 0.962 bits per heavy atom. The Morgan fingerprint density at radius 3 is 1.52 bits per heavy atom. The van der Waals surface area contributed by atoms with E-state index in [4.69, 9.17) is 9.97 Å². The number of nitrogens with zero attached hydrogens (tertiary/aromatic N) is 2. The molecule has 2 heteroatoms. The van der Waals surface area contributed by atoms with Gasteiger partial charge in [-0.2, -0.15) is 0 Å². The first-order valence-corrected chi connectivity index (χ1v) is 18.7. The molecule has 254 valence electrons. The van der Waals surface area contributed by atoms with Crippen LogP contribution in [0.2, 0.25) is 0 Å². The maximum atomic E-state index is 5.30.